The number of H-pyrrole nitrogens is 1. The minimum Gasteiger partial charge on any atom is -0.493 e. The zero-order valence-electron chi connectivity index (χ0n) is 23.7. The molecule has 1 atom stereocenters. The quantitative estimate of drug-likeness (QED) is 0.0968. The van der Waals surface area contributed by atoms with Crippen LogP contribution in [0.3, 0.4) is 0 Å². The normalized spacial score (nSPS) is 14.9. The average Bonchev–Trinajstić information content (AvgIpc) is 3.61. The predicted octanol–water partition coefficient (Wildman–Crippen LogP) is 4.74. The van der Waals surface area contributed by atoms with E-state index < -0.39 is 25.4 Å². The number of aromatic nitrogens is 4. The zero-order valence-corrected chi connectivity index (χ0v) is 26.2. The van der Waals surface area contributed by atoms with Crippen molar-refractivity contribution in [2.24, 2.45) is 0 Å². The van der Waals surface area contributed by atoms with E-state index in [9.17, 15) is 18.1 Å². The van der Waals surface area contributed by atoms with Crippen molar-refractivity contribution in [1.29, 1.82) is 0 Å². The van der Waals surface area contributed by atoms with Crippen LogP contribution in [0.15, 0.2) is 48.8 Å². The summed E-state index contributed by atoms with van der Waals surface area (Å²) in [5.74, 6) is -1.22. The number of phosphoric ester groups is 1. The molecule has 2 aromatic heterocycles. The van der Waals surface area contributed by atoms with Crippen molar-refractivity contribution in [3.63, 3.8) is 0 Å². The first-order chi connectivity index (χ1) is 20.6. The lowest BCUT2D eigenvalue weighted by atomic mass is 10.2. The summed E-state index contributed by atoms with van der Waals surface area (Å²) in [6, 6.07) is 10.5. The standard InChI is InChI=1S/C27H30F2N7O6P.2ClH/c28-21-5-1-6-22(26(21)29)32-25(37)13-17-12-24(35-34-17)33-27-20-8-7-19(14-23(20)30-16-31-27)41-11-3-10-36-9-2-4-18(36)15-42-43(38,39)40;;/h1,5-8,12,14,16,18H,2-4,9-11,13,15H2,(H,32,37)(H2,38,39,40)(H2,30,31,33,34,35);2*1H/t18-;;/m1../s1. The van der Waals surface area contributed by atoms with E-state index in [1.807, 2.05) is 6.07 Å². The van der Waals surface area contributed by atoms with Gasteiger partial charge in [0.2, 0.25) is 5.91 Å². The molecule has 1 saturated heterocycles. The Morgan fingerprint density at radius 2 is 1.98 bits per heavy atom. The van der Waals surface area contributed by atoms with Gasteiger partial charge in [-0.1, -0.05) is 6.07 Å². The highest BCUT2D eigenvalue weighted by Crippen LogP contribution is 2.37. The molecule has 2 aromatic carbocycles. The fourth-order valence-corrected chi connectivity index (χ4v) is 5.22. The summed E-state index contributed by atoms with van der Waals surface area (Å²) in [5.41, 5.74) is 0.835. The van der Waals surface area contributed by atoms with Gasteiger partial charge in [0.1, 0.15) is 17.9 Å². The molecule has 18 heteroatoms. The van der Waals surface area contributed by atoms with Gasteiger partial charge in [-0.05, 0) is 50.1 Å². The van der Waals surface area contributed by atoms with Gasteiger partial charge in [0.05, 0.1) is 30.8 Å². The van der Waals surface area contributed by atoms with Gasteiger partial charge in [0.25, 0.3) is 0 Å². The Bertz CT molecular complexity index is 1650. The summed E-state index contributed by atoms with van der Waals surface area (Å²) < 4.78 is 48.8. The molecule has 5 N–H and O–H groups in total. The summed E-state index contributed by atoms with van der Waals surface area (Å²) in [6.45, 7) is 2.00. The fourth-order valence-electron chi connectivity index (χ4n) is 4.85. The number of amides is 1. The van der Waals surface area contributed by atoms with Gasteiger partial charge >= 0.3 is 7.82 Å². The first-order valence-electron chi connectivity index (χ1n) is 13.5. The molecule has 0 spiro atoms. The van der Waals surface area contributed by atoms with Crippen molar-refractivity contribution >= 4 is 66.8 Å². The van der Waals surface area contributed by atoms with Gasteiger partial charge in [-0.2, -0.15) is 5.10 Å². The number of halogens is 4. The highest BCUT2D eigenvalue weighted by molar-refractivity contribution is 7.46. The smallest absolute Gasteiger partial charge is 0.469 e. The first-order valence-corrected chi connectivity index (χ1v) is 15.0. The Kier molecular flexibility index (Phi) is 13.0. The molecule has 0 bridgehead atoms. The van der Waals surface area contributed by atoms with Crippen LogP contribution in [0.25, 0.3) is 10.9 Å². The van der Waals surface area contributed by atoms with Crippen molar-refractivity contribution in [2.45, 2.75) is 31.7 Å². The number of nitrogens with one attached hydrogen (secondary N) is 3. The van der Waals surface area contributed by atoms with Crippen LogP contribution in [-0.4, -0.2) is 73.1 Å². The van der Waals surface area contributed by atoms with Gasteiger partial charge in [0.15, 0.2) is 17.5 Å². The SMILES string of the molecule is Cl.Cl.O=C(Cc1cc(Nc2ncnc3cc(OCCCN4CCC[C@@H]4COP(=O)(O)O)ccc23)n[nH]1)Nc1cccc(F)c1F. The number of aromatic amines is 1. The van der Waals surface area contributed by atoms with E-state index >= 15 is 0 Å². The second kappa shape index (κ2) is 16.2. The number of ether oxygens (including phenoxy) is 1. The lowest BCUT2D eigenvalue weighted by Gasteiger charge is -2.24. The topological polar surface area (TPSA) is 175 Å². The minimum atomic E-state index is -4.48. The molecule has 1 fully saturated rings. The molecule has 1 aliphatic heterocycles. The van der Waals surface area contributed by atoms with Crippen LogP contribution in [0, 0.1) is 11.6 Å². The lowest BCUT2D eigenvalue weighted by molar-refractivity contribution is -0.115. The number of nitrogens with zero attached hydrogens (tertiary/aromatic N) is 4. The lowest BCUT2D eigenvalue weighted by Crippen LogP contribution is -2.34. The van der Waals surface area contributed by atoms with E-state index in [-0.39, 0.29) is 49.6 Å². The molecule has 3 heterocycles. The van der Waals surface area contributed by atoms with E-state index in [2.05, 4.69) is 40.2 Å². The molecule has 1 amide bonds. The Balaban J connectivity index is 0.00000276. The largest absolute Gasteiger partial charge is 0.493 e. The van der Waals surface area contributed by atoms with Crippen molar-refractivity contribution in [1.82, 2.24) is 25.1 Å². The number of hydrogen-bond donors (Lipinski definition) is 5. The van der Waals surface area contributed by atoms with Crippen molar-refractivity contribution < 1.29 is 37.2 Å². The van der Waals surface area contributed by atoms with Crippen LogP contribution in [0.4, 0.5) is 26.1 Å². The first kappa shape index (κ1) is 36.0. The number of phosphoric acid groups is 1. The van der Waals surface area contributed by atoms with Crippen molar-refractivity contribution in [2.75, 3.05) is 36.9 Å². The number of anilines is 3. The number of hydrogen-bond acceptors (Lipinski definition) is 9. The highest BCUT2D eigenvalue weighted by atomic mass is 35.5. The molecule has 4 aromatic rings. The van der Waals surface area contributed by atoms with Crippen LogP contribution >= 0.6 is 32.6 Å². The monoisotopic (exact) mass is 689 g/mol. The summed E-state index contributed by atoms with van der Waals surface area (Å²) in [7, 11) is -4.48. The molecular formula is C27H32Cl2F2N7O6P. The predicted molar refractivity (Wildman–Crippen MR) is 167 cm³/mol. The second-order valence-electron chi connectivity index (χ2n) is 9.95. The van der Waals surface area contributed by atoms with Gasteiger partial charge in [-0.15, -0.1) is 24.8 Å². The van der Waals surface area contributed by atoms with Gasteiger partial charge in [0, 0.05) is 35.8 Å². The maximum absolute atomic E-state index is 13.8. The van der Waals surface area contributed by atoms with Gasteiger partial charge in [-0.3, -0.25) is 19.3 Å². The number of carbonyl (C=O) groups is 1. The van der Waals surface area contributed by atoms with Crippen LogP contribution in [0.2, 0.25) is 0 Å². The van der Waals surface area contributed by atoms with Crippen LogP contribution in [0.1, 0.15) is 25.0 Å². The second-order valence-corrected chi connectivity index (χ2v) is 11.2. The molecular weight excluding hydrogens is 658 g/mol. The molecule has 13 nitrogen and oxygen atoms in total. The molecule has 0 saturated carbocycles. The van der Waals surface area contributed by atoms with E-state index in [1.54, 1.807) is 18.2 Å². The number of likely N-dealkylation sites (tertiary alicyclic amines) is 1. The van der Waals surface area contributed by atoms with Crippen LogP contribution in [-0.2, 0) is 20.3 Å². The Morgan fingerprint density at radius 1 is 1.16 bits per heavy atom. The molecule has 0 aliphatic carbocycles. The molecule has 0 radical (unpaired) electrons. The van der Waals surface area contributed by atoms with Crippen LogP contribution < -0.4 is 15.4 Å². The average molecular weight is 690 g/mol. The molecule has 5 rings (SSSR count). The van der Waals surface area contributed by atoms with Crippen LogP contribution in [0.5, 0.6) is 5.75 Å². The van der Waals surface area contributed by atoms with E-state index in [4.69, 9.17) is 14.5 Å². The fraction of sp³-hybridized carbons (Fsp3) is 0.333. The zero-order chi connectivity index (χ0) is 30.4. The maximum Gasteiger partial charge on any atom is 0.469 e. The summed E-state index contributed by atoms with van der Waals surface area (Å²) in [5, 5.41) is 13.0. The van der Waals surface area contributed by atoms with Gasteiger partial charge in [-0.25, -0.2) is 23.3 Å². The Morgan fingerprint density at radius 3 is 2.78 bits per heavy atom. The third kappa shape index (κ3) is 10.0. The molecule has 244 valence electrons. The number of benzene rings is 2. The van der Waals surface area contributed by atoms with Gasteiger partial charge < -0.3 is 25.2 Å². The Labute approximate surface area is 269 Å². The summed E-state index contributed by atoms with van der Waals surface area (Å²) in [4.78, 5) is 41.0. The molecule has 0 unspecified atom stereocenters. The summed E-state index contributed by atoms with van der Waals surface area (Å²) in [6.07, 6.45) is 3.75. The van der Waals surface area contributed by atoms with E-state index in [1.165, 1.54) is 18.5 Å². The molecule has 1 aliphatic rings. The number of fused-ring (bicyclic) bond motifs is 1. The number of rotatable bonds is 13. The molecule has 45 heavy (non-hydrogen) atoms. The number of carbonyl (C=O) groups excluding carboxylic acids is 1. The third-order valence-electron chi connectivity index (χ3n) is 6.85. The highest BCUT2D eigenvalue weighted by Gasteiger charge is 2.27. The van der Waals surface area contributed by atoms with Crippen molar-refractivity contribution in [3.8, 4) is 5.75 Å². The van der Waals surface area contributed by atoms with E-state index in [0.717, 1.165) is 31.9 Å². The minimum absolute atomic E-state index is 0. The third-order valence-corrected chi connectivity index (χ3v) is 7.34. The van der Waals surface area contributed by atoms with Crippen molar-refractivity contribution in [3.05, 3.63) is 66.1 Å². The summed E-state index contributed by atoms with van der Waals surface area (Å²) >= 11 is 0. The Hall–Kier alpha value is -3.43. The van der Waals surface area contributed by atoms with E-state index in [0.29, 0.717) is 47.1 Å². The maximum atomic E-state index is 13.8.